The summed E-state index contributed by atoms with van der Waals surface area (Å²) in [6.07, 6.45) is 0.371. The number of carbonyl (C=O) groups is 1. The van der Waals surface area contributed by atoms with E-state index in [-0.39, 0.29) is 23.5 Å². The molecule has 90 valence electrons. The molecule has 2 aliphatic rings. The van der Waals surface area contributed by atoms with Gasteiger partial charge in [-0.1, -0.05) is 13.8 Å². The number of amides is 1. The molecule has 2 unspecified atom stereocenters. The van der Waals surface area contributed by atoms with Crippen LogP contribution in [0.4, 0.5) is 0 Å². The Morgan fingerprint density at radius 2 is 2.12 bits per heavy atom. The maximum atomic E-state index is 11.9. The first kappa shape index (κ1) is 11.6. The van der Waals surface area contributed by atoms with Crippen molar-refractivity contribution in [2.24, 2.45) is 5.41 Å². The van der Waals surface area contributed by atoms with Gasteiger partial charge in [-0.15, -0.1) is 0 Å². The molecular formula is C12H20N2O2. The quantitative estimate of drug-likeness (QED) is 0.586. The Morgan fingerprint density at radius 3 is 2.50 bits per heavy atom. The van der Waals surface area contributed by atoms with E-state index in [2.05, 4.69) is 10.6 Å². The predicted molar refractivity (Wildman–Crippen MR) is 61.9 cm³/mol. The van der Waals surface area contributed by atoms with Gasteiger partial charge in [0.25, 0.3) is 0 Å². The minimum Gasteiger partial charge on any atom is -0.392 e. The van der Waals surface area contributed by atoms with E-state index in [9.17, 15) is 9.90 Å². The van der Waals surface area contributed by atoms with Gasteiger partial charge in [-0.3, -0.25) is 4.79 Å². The van der Waals surface area contributed by atoms with Crippen LogP contribution < -0.4 is 10.6 Å². The van der Waals surface area contributed by atoms with Crippen LogP contribution in [0.1, 0.15) is 27.2 Å². The molecule has 16 heavy (non-hydrogen) atoms. The normalized spacial score (nSPS) is 31.4. The molecule has 1 aliphatic carbocycles. The molecule has 2 fully saturated rings. The van der Waals surface area contributed by atoms with Gasteiger partial charge in [-0.05, 0) is 18.9 Å². The van der Waals surface area contributed by atoms with E-state index in [1.807, 2.05) is 20.8 Å². The third-order valence-electron chi connectivity index (χ3n) is 4.07. The molecule has 2 atom stereocenters. The summed E-state index contributed by atoms with van der Waals surface area (Å²) in [7, 11) is 0. The Hall–Kier alpha value is -0.870. The largest absolute Gasteiger partial charge is 0.392 e. The molecule has 1 amide bonds. The SMILES string of the molecule is CC(C(=O)NC1CC(O)C1(C)C)=C1CNC1. The monoisotopic (exact) mass is 224 g/mol. The molecule has 3 N–H and O–H groups in total. The number of aliphatic hydroxyl groups excluding tert-OH is 1. The summed E-state index contributed by atoms with van der Waals surface area (Å²) in [4.78, 5) is 11.9. The Morgan fingerprint density at radius 1 is 1.50 bits per heavy atom. The number of hydrogen-bond acceptors (Lipinski definition) is 3. The summed E-state index contributed by atoms with van der Waals surface area (Å²) in [5, 5.41) is 15.7. The van der Waals surface area contributed by atoms with Gasteiger partial charge in [0.1, 0.15) is 0 Å². The molecule has 2 rings (SSSR count). The maximum absolute atomic E-state index is 11.9. The van der Waals surface area contributed by atoms with Gasteiger partial charge < -0.3 is 15.7 Å². The Bertz CT molecular complexity index is 341. The van der Waals surface area contributed by atoms with Crippen LogP contribution in [-0.4, -0.2) is 36.2 Å². The van der Waals surface area contributed by atoms with E-state index in [0.717, 1.165) is 18.7 Å². The van der Waals surface area contributed by atoms with Crippen LogP contribution in [0.3, 0.4) is 0 Å². The first-order valence-electron chi connectivity index (χ1n) is 5.81. The summed E-state index contributed by atoms with van der Waals surface area (Å²) in [5.41, 5.74) is 1.82. The van der Waals surface area contributed by atoms with Crippen molar-refractivity contribution >= 4 is 5.91 Å². The third-order valence-corrected chi connectivity index (χ3v) is 4.07. The first-order chi connectivity index (χ1) is 7.43. The maximum Gasteiger partial charge on any atom is 0.247 e. The van der Waals surface area contributed by atoms with Crippen molar-refractivity contribution in [3.05, 3.63) is 11.1 Å². The van der Waals surface area contributed by atoms with Crippen molar-refractivity contribution in [2.45, 2.75) is 39.3 Å². The van der Waals surface area contributed by atoms with E-state index in [1.165, 1.54) is 5.57 Å². The van der Waals surface area contributed by atoms with Gasteiger partial charge in [0.05, 0.1) is 6.10 Å². The van der Waals surface area contributed by atoms with E-state index >= 15 is 0 Å². The fourth-order valence-electron chi connectivity index (χ4n) is 2.09. The van der Waals surface area contributed by atoms with E-state index in [4.69, 9.17) is 0 Å². The molecular weight excluding hydrogens is 204 g/mol. The van der Waals surface area contributed by atoms with Crippen molar-refractivity contribution in [3.8, 4) is 0 Å². The van der Waals surface area contributed by atoms with Crippen LogP contribution in [0.5, 0.6) is 0 Å². The smallest absolute Gasteiger partial charge is 0.247 e. The van der Waals surface area contributed by atoms with Crippen molar-refractivity contribution in [2.75, 3.05) is 13.1 Å². The van der Waals surface area contributed by atoms with Crippen molar-refractivity contribution in [1.29, 1.82) is 0 Å². The summed E-state index contributed by atoms with van der Waals surface area (Å²) in [6, 6.07) is 0.0959. The second-order valence-corrected chi connectivity index (χ2v) is 5.43. The molecule has 0 aromatic rings. The molecule has 0 aromatic heterocycles. The van der Waals surface area contributed by atoms with Crippen LogP contribution in [0, 0.1) is 5.41 Å². The van der Waals surface area contributed by atoms with Gasteiger partial charge >= 0.3 is 0 Å². The number of aliphatic hydroxyl groups is 1. The lowest BCUT2D eigenvalue weighted by atomic mass is 9.64. The molecule has 4 nitrogen and oxygen atoms in total. The molecule has 1 aliphatic heterocycles. The lowest BCUT2D eigenvalue weighted by Gasteiger charge is -2.49. The van der Waals surface area contributed by atoms with Crippen LogP contribution in [-0.2, 0) is 4.79 Å². The van der Waals surface area contributed by atoms with Crippen LogP contribution >= 0.6 is 0 Å². The molecule has 0 bridgehead atoms. The molecule has 0 radical (unpaired) electrons. The van der Waals surface area contributed by atoms with E-state index in [0.29, 0.717) is 6.42 Å². The lowest BCUT2D eigenvalue weighted by Crippen LogP contribution is -2.61. The minimum atomic E-state index is -0.295. The average Bonchev–Trinajstić information content (AvgIpc) is 2.14. The number of carbonyl (C=O) groups excluding carboxylic acids is 1. The zero-order chi connectivity index (χ0) is 11.9. The van der Waals surface area contributed by atoms with Crippen LogP contribution in [0.2, 0.25) is 0 Å². The van der Waals surface area contributed by atoms with Gasteiger partial charge in [0, 0.05) is 30.1 Å². The Labute approximate surface area is 96.1 Å². The lowest BCUT2D eigenvalue weighted by molar-refractivity contribution is -0.125. The second-order valence-electron chi connectivity index (χ2n) is 5.43. The highest BCUT2D eigenvalue weighted by Crippen LogP contribution is 2.40. The highest BCUT2D eigenvalue weighted by Gasteiger charge is 2.48. The van der Waals surface area contributed by atoms with Crippen molar-refractivity contribution < 1.29 is 9.90 Å². The summed E-state index contributed by atoms with van der Waals surface area (Å²) in [5.74, 6) is 0.0153. The van der Waals surface area contributed by atoms with Gasteiger partial charge in [0.15, 0.2) is 0 Å². The fourth-order valence-corrected chi connectivity index (χ4v) is 2.09. The fraction of sp³-hybridized carbons (Fsp3) is 0.750. The van der Waals surface area contributed by atoms with Crippen LogP contribution in [0.15, 0.2) is 11.1 Å². The molecule has 1 saturated heterocycles. The van der Waals surface area contributed by atoms with Gasteiger partial charge in [-0.25, -0.2) is 0 Å². The van der Waals surface area contributed by atoms with E-state index < -0.39 is 0 Å². The predicted octanol–water partition coefficient (Wildman–Crippen LogP) is 0.182. The number of nitrogens with one attached hydrogen (secondary N) is 2. The Balaban J connectivity index is 1.94. The number of rotatable bonds is 2. The summed E-state index contributed by atoms with van der Waals surface area (Å²) in [6.45, 7) is 7.50. The van der Waals surface area contributed by atoms with Gasteiger partial charge in [0.2, 0.25) is 5.91 Å². The molecule has 4 heteroatoms. The summed E-state index contributed by atoms with van der Waals surface area (Å²) >= 11 is 0. The number of hydrogen-bond donors (Lipinski definition) is 3. The molecule has 1 heterocycles. The zero-order valence-electron chi connectivity index (χ0n) is 10.1. The standard InChI is InChI=1S/C12H20N2O2/c1-7(8-5-13-6-8)11(16)14-9-4-10(15)12(9,2)3/h9-10,13,15H,4-6H2,1-3H3,(H,14,16). The highest BCUT2D eigenvalue weighted by molar-refractivity contribution is 5.94. The van der Waals surface area contributed by atoms with Crippen molar-refractivity contribution in [3.63, 3.8) is 0 Å². The summed E-state index contributed by atoms with van der Waals surface area (Å²) < 4.78 is 0. The minimum absolute atomic E-state index is 0.0153. The zero-order valence-corrected chi connectivity index (χ0v) is 10.1. The second kappa shape index (κ2) is 3.86. The molecule has 1 saturated carbocycles. The average molecular weight is 224 g/mol. The van der Waals surface area contributed by atoms with E-state index in [1.54, 1.807) is 0 Å². The topological polar surface area (TPSA) is 61.4 Å². The van der Waals surface area contributed by atoms with Crippen LogP contribution in [0.25, 0.3) is 0 Å². The Kier molecular flexibility index (Phi) is 2.80. The first-order valence-corrected chi connectivity index (χ1v) is 5.81. The highest BCUT2D eigenvalue weighted by atomic mass is 16.3. The van der Waals surface area contributed by atoms with Crippen molar-refractivity contribution in [1.82, 2.24) is 10.6 Å². The molecule has 0 spiro atoms. The van der Waals surface area contributed by atoms with Gasteiger partial charge in [-0.2, -0.15) is 0 Å². The molecule has 0 aromatic carbocycles. The third kappa shape index (κ3) is 1.76.